The summed E-state index contributed by atoms with van der Waals surface area (Å²) in [5, 5.41) is 0.749. The zero-order valence-electron chi connectivity index (χ0n) is 8.35. The highest BCUT2D eigenvalue weighted by Crippen LogP contribution is 2.23. The largest absolute Gasteiger partial charge is 0.298 e. The number of hydrogen-bond donors (Lipinski definition) is 0. The Hall–Kier alpha value is -0.290. The topological polar surface area (TPSA) is 17.1 Å². The van der Waals surface area contributed by atoms with Gasteiger partial charge in [0.15, 0.2) is 0 Å². The van der Waals surface area contributed by atoms with Gasteiger partial charge < -0.3 is 0 Å². The van der Waals surface area contributed by atoms with Crippen LogP contribution in [-0.4, -0.2) is 11.1 Å². The summed E-state index contributed by atoms with van der Waals surface area (Å²) < 4.78 is 25.1. The van der Waals surface area contributed by atoms with E-state index >= 15 is 0 Å². The molecule has 16 heavy (non-hydrogen) atoms. The van der Waals surface area contributed by atoms with Gasteiger partial charge in [0.05, 0.1) is 5.33 Å². The van der Waals surface area contributed by atoms with Gasteiger partial charge in [-0.05, 0) is 23.3 Å². The molecule has 1 aromatic carbocycles. The number of ketones is 1. The summed E-state index contributed by atoms with van der Waals surface area (Å²) in [6.07, 6.45) is -2.32. The van der Waals surface area contributed by atoms with E-state index in [0.717, 1.165) is 5.56 Å². The van der Waals surface area contributed by atoms with Crippen molar-refractivity contribution in [2.75, 3.05) is 5.33 Å². The van der Waals surface area contributed by atoms with Crippen LogP contribution >= 0.6 is 31.9 Å². The molecule has 1 rings (SSSR count). The van der Waals surface area contributed by atoms with E-state index in [1.165, 1.54) is 12.1 Å². The first kappa shape index (κ1) is 13.8. The third-order valence-electron chi connectivity index (χ3n) is 2.03. The van der Waals surface area contributed by atoms with Crippen LogP contribution in [0.1, 0.15) is 23.1 Å². The average Bonchev–Trinajstić information content (AvgIpc) is 2.28. The van der Waals surface area contributed by atoms with Gasteiger partial charge in [-0.1, -0.05) is 37.9 Å². The van der Waals surface area contributed by atoms with Crippen LogP contribution in [0.3, 0.4) is 0 Å². The summed E-state index contributed by atoms with van der Waals surface area (Å²) in [7, 11) is 0. The summed E-state index contributed by atoms with van der Waals surface area (Å²) >= 11 is 6.27. The van der Waals surface area contributed by atoms with Gasteiger partial charge in [-0.2, -0.15) is 0 Å². The Bertz CT molecular complexity index is 380. The first-order valence-electron chi connectivity index (χ1n) is 4.61. The highest BCUT2D eigenvalue weighted by atomic mass is 79.9. The zero-order valence-corrected chi connectivity index (χ0v) is 11.5. The number of rotatable bonds is 5. The summed E-state index contributed by atoms with van der Waals surface area (Å²) in [4.78, 5) is 11.2. The van der Waals surface area contributed by atoms with Crippen molar-refractivity contribution in [2.45, 2.75) is 18.2 Å². The summed E-state index contributed by atoms with van der Waals surface area (Å²) in [5.41, 5.74) is 1.36. The van der Waals surface area contributed by atoms with E-state index in [4.69, 9.17) is 0 Å². The van der Waals surface area contributed by atoms with E-state index < -0.39 is 6.43 Å². The third kappa shape index (κ3) is 3.94. The molecule has 1 aromatic rings. The summed E-state index contributed by atoms with van der Waals surface area (Å²) in [6.45, 7) is 0. The molecule has 0 atom stereocenters. The molecule has 0 bridgehead atoms. The molecule has 0 aromatic heterocycles. The predicted octanol–water partition coefficient (Wildman–Crippen LogP) is 4.03. The minimum atomic E-state index is -2.50. The Morgan fingerprint density at radius 1 is 1.19 bits per heavy atom. The first-order chi connectivity index (χ1) is 7.56. The average molecular weight is 356 g/mol. The van der Waals surface area contributed by atoms with E-state index in [9.17, 15) is 13.6 Å². The molecule has 88 valence electrons. The molecule has 5 heteroatoms. The second kappa shape index (κ2) is 6.45. The molecule has 0 N–H and O–H groups in total. The normalized spacial score (nSPS) is 10.8. The fraction of sp³-hybridized carbons (Fsp3) is 0.364. The van der Waals surface area contributed by atoms with Crippen molar-refractivity contribution in [2.24, 2.45) is 0 Å². The van der Waals surface area contributed by atoms with Crippen molar-refractivity contribution in [1.82, 2.24) is 0 Å². The van der Waals surface area contributed by atoms with Crippen molar-refractivity contribution in [3.05, 3.63) is 34.9 Å². The molecule has 1 nitrogen and oxygen atoms in total. The number of carbonyl (C=O) groups excluding carboxylic acids is 1. The maximum Gasteiger partial charge on any atom is 0.263 e. The van der Waals surface area contributed by atoms with Crippen LogP contribution < -0.4 is 0 Å². The number of benzene rings is 1. The van der Waals surface area contributed by atoms with Crippen LogP contribution in [0.4, 0.5) is 8.78 Å². The minimum Gasteiger partial charge on any atom is -0.298 e. The lowest BCUT2D eigenvalue weighted by atomic mass is 10.0. The van der Waals surface area contributed by atoms with Crippen LogP contribution in [0, 0.1) is 0 Å². The Morgan fingerprint density at radius 2 is 1.81 bits per heavy atom. The van der Waals surface area contributed by atoms with Crippen molar-refractivity contribution in [1.29, 1.82) is 0 Å². The van der Waals surface area contributed by atoms with Gasteiger partial charge in [-0.15, -0.1) is 0 Å². The minimum absolute atomic E-state index is 0.0214. The maximum absolute atomic E-state index is 12.6. The number of Topliss-reactive ketones (excluding diaryl/α,β-unsaturated/α-hetero) is 1. The van der Waals surface area contributed by atoms with Gasteiger partial charge in [0.1, 0.15) is 5.78 Å². The Morgan fingerprint density at radius 3 is 2.31 bits per heavy atom. The molecule has 0 heterocycles. The van der Waals surface area contributed by atoms with E-state index in [-0.39, 0.29) is 23.1 Å². The van der Waals surface area contributed by atoms with E-state index in [1.807, 2.05) is 0 Å². The van der Waals surface area contributed by atoms with E-state index in [2.05, 4.69) is 31.9 Å². The second-order valence-electron chi connectivity index (χ2n) is 3.37. The molecule has 0 saturated carbocycles. The Labute approximate surface area is 109 Å². The number of halogens is 4. The molecular weight excluding hydrogens is 346 g/mol. The van der Waals surface area contributed by atoms with Crippen molar-refractivity contribution in [3.63, 3.8) is 0 Å². The van der Waals surface area contributed by atoms with Crippen LogP contribution in [-0.2, 0) is 16.5 Å². The lowest BCUT2D eigenvalue weighted by molar-refractivity contribution is -0.115. The van der Waals surface area contributed by atoms with E-state index in [0.29, 0.717) is 10.9 Å². The highest BCUT2D eigenvalue weighted by molar-refractivity contribution is 9.09. The van der Waals surface area contributed by atoms with Crippen LogP contribution in [0.25, 0.3) is 0 Å². The standard InChI is InChI=1S/C11H10Br2F2O/c12-5-8-1-7(4-10(16)6-13)2-9(3-8)11(14)15/h1-3,11H,4-6H2. The summed E-state index contributed by atoms with van der Waals surface area (Å²) in [5.74, 6) is -0.0214. The number of hydrogen-bond acceptors (Lipinski definition) is 1. The monoisotopic (exact) mass is 354 g/mol. The molecule has 0 spiro atoms. The molecule has 0 amide bonds. The fourth-order valence-corrected chi connectivity index (χ4v) is 1.89. The second-order valence-corrected chi connectivity index (χ2v) is 4.49. The third-order valence-corrected chi connectivity index (χ3v) is 3.30. The van der Waals surface area contributed by atoms with Gasteiger partial charge in [0, 0.05) is 17.3 Å². The van der Waals surface area contributed by atoms with Gasteiger partial charge in [0.2, 0.25) is 0 Å². The van der Waals surface area contributed by atoms with Crippen molar-refractivity contribution in [3.8, 4) is 0 Å². The summed E-state index contributed by atoms with van der Waals surface area (Å²) in [6, 6.07) is 4.60. The smallest absolute Gasteiger partial charge is 0.263 e. The van der Waals surface area contributed by atoms with Gasteiger partial charge in [-0.25, -0.2) is 8.78 Å². The fourth-order valence-electron chi connectivity index (χ4n) is 1.37. The maximum atomic E-state index is 12.6. The van der Waals surface area contributed by atoms with Crippen LogP contribution in [0.15, 0.2) is 18.2 Å². The lowest BCUT2D eigenvalue weighted by Crippen LogP contribution is -2.04. The van der Waals surface area contributed by atoms with Gasteiger partial charge in [0.25, 0.3) is 6.43 Å². The van der Waals surface area contributed by atoms with E-state index in [1.54, 1.807) is 6.07 Å². The number of alkyl halides is 4. The molecule has 0 aliphatic rings. The molecule has 0 saturated heterocycles. The molecule has 0 aliphatic carbocycles. The van der Waals surface area contributed by atoms with Gasteiger partial charge in [-0.3, -0.25) is 4.79 Å². The molecule has 0 unspecified atom stereocenters. The zero-order chi connectivity index (χ0) is 12.1. The molecule has 0 radical (unpaired) electrons. The Balaban J connectivity index is 2.99. The molecule has 0 fully saturated rings. The first-order valence-corrected chi connectivity index (χ1v) is 6.85. The molecule has 0 aliphatic heterocycles. The highest BCUT2D eigenvalue weighted by Gasteiger charge is 2.11. The van der Waals surface area contributed by atoms with Crippen molar-refractivity contribution >= 4 is 37.6 Å². The SMILES string of the molecule is O=C(CBr)Cc1cc(CBr)cc(C(F)F)c1. The lowest BCUT2D eigenvalue weighted by Gasteiger charge is -2.07. The van der Waals surface area contributed by atoms with Crippen LogP contribution in [0.5, 0.6) is 0 Å². The quantitative estimate of drug-likeness (QED) is 0.729. The number of carbonyl (C=O) groups is 1. The predicted molar refractivity (Wildman–Crippen MR) is 66.5 cm³/mol. The van der Waals surface area contributed by atoms with Gasteiger partial charge >= 0.3 is 0 Å². The molecular formula is C11H10Br2F2O. The Kier molecular flexibility index (Phi) is 5.55. The van der Waals surface area contributed by atoms with Crippen molar-refractivity contribution < 1.29 is 13.6 Å². The van der Waals surface area contributed by atoms with Crippen LogP contribution in [0.2, 0.25) is 0 Å².